The smallest absolute Gasteiger partial charge is 0.0700 e. The molecule has 0 radical (unpaired) electrons. The monoisotopic (exact) mass is 240 g/mol. The van der Waals surface area contributed by atoms with E-state index in [9.17, 15) is 5.11 Å². The van der Waals surface area contributed by atoms with Gasteiger partial charge in [0.1, 0.15) is 0 Å². The maximum atomic E-state index is 9.81. The summed E-state index contributed by atoms with van der Waals surface area (Å²) in [5.41, 5.74) is -0.0288. The molecule has 2 N–H and O–H groups in total. The molecule has 3 saturated heterocycles. The number of rotatable bonds is 4. The van der Waals surface area contributed by atoms with E-state index in [2.05, 4.69) is 10.2 Å². The van der Waals surface area contributed by atoms with E-state index in [0.717, 1.165) is 26.1 Å². The Morgan fingerprint density at radius 3 is 3.06 bits per heavy atom. The highest BCUT2D eigenvalue weighted by molar-refractivity contribution is 5.03. The minimum atomic E-state index is -0.0288. The lowest BCUT2D eigenvalue weighted by molar-refractivity contribution is 0.0431. The summed E-state index contributed by atoms with van der Waals surface area (Å²) in [7, 11) is 0. The molecule has 0 aromatic rings. The first-order valence-corrected chi connectivity index (χ1v) is 7.02. The number of nitrogens with zero attached hydrogens (tertiary/aromatic N) is 1. The van der Waals surface area contributed by atoms with Crippen LogP contribution in [0, 0.1) is 5.92 Å². The fourth-order valence-electron chi connectivity index (χ4n) is 3.67. The van der Waals surface area contributed by atoms with Crippen molar-refractivity contribution in [3.05, 3.63) is 0 Å². The SMILES string of the molecule is OCC1(NCC2CCCO2)CCN2CCC1C2. The lowest BCUT2D eigenvalue weighted by atomic mass is 9.79. The van der Waals surface area contributed by atoms with Gasteiger partial charge >= 0.3 is 0 Å². The van der Waals surface area contributed by atoms with E-state index < -0.39 is 0 Å². The Morgan fingerprint density at radius 2 is 2.29 bits per heavy atom. The number of aliphatic hydroxyl groups excluding tert-OH is 1. The number of hydrogen-bond donors (Lipinski definition) is 2. The van der Waals surface area contributed by atoms with Crippen LogP contribution >= 0.6 is 0 Å². The van der Waals surface area contributed by atoms with Gasteiger partial charge in [0.05, 0.1) is 12.7 Å². The number of nitrogens with one attached hydrogen (secondary N) is 1. The van der Waals surface area contributed by atoms with Crippen LogP contribution in [0.5, 0.6) is 0 Å². The number of hydrogen-bond acceptors (Lipinski definition) is 4. The van der Waals surface area contributed by atoms with Crippen LogP contribution in [-0.2, 0) is 4.74 Å². The van der Waals surface area contributed by atoms with Gasteiger partial charge in [-0.25, -0.2) is 0 Å². The lowest BCUT2D eigenvalue weighted by Crippen LogP contribution is -2.60. The minimum absolute atomic E-state index is 0.0288. The molecule has 17 heavy (non-hydrogen) atoms. The topological polar surface area (TPSA) is 44.7 Å². The zero-order valence-corrected chi connectivity index (χ0v) is 10.5. The summed E-state index contributed by atoms with van der Waals surface area (Å²) in [4.78, 5) is 2.52. The van der Waals surface area contributed by atoms with Crippen molar-refractivity contribution >= 4 is 0 Å². The zero-order valence-electron chi connectivity index (χ0n) is 10.5. The zero-order chi connectivity index (χ0) is 11.7. The Balaban J connectivity index is 1.60. The highest BCUT2D eigenvalue weighted by atomic mass is 16.5. The summed E-state index contributed by atoms with van der Waals surface area (Å²) in [6.45, 7) is 5.62. The molecule has 0 saturated carbocycles. The standard InChI is InChI=1S/C13H24N2O2/c16-10-13(14-8-12-2-1-7-17-12)4-6-15-5-3-11(13)9-15/h11-12,14,16H,1-10H2. The summed E-state index contributed by atoms with van der Waals surface area (Å²) in [6, 6.07) is 0. The van der Waals surface area contributed by atoms with E-state index in [1.54, 1.807) is 0 Å². The van der Waals surface area contributed by atoms with Gasteiger partial charge in [0, 0.05) is 25.2 Å². The second-order valence-electron chi connectivity index (χ2n) is 5.87. The van der Waals surface area contributed by atoms with E-state index >= 15 is 0 Å². The fourth-order valence-corrected chi connectivity index (χ4v) is 3.67. The predicted octanol–water partition coefficient (Wildman–Crippen LogP) is 0.212. The van der Waals surface area contributed by atoms with Crippen LogP contribution in [0.3, 0.4) is 0 Å². The summed E-state index contributed by atoms with van der Waals surface area (Å²) in [5.74, 6) is 0.627. The van der Waals surface area contributed by atoms with Crippen molar-refractivity contribution in [3.8, 4) is 0 Å². The molecular formula is C13H24N2O2. The summed E-state index contributed by atoms with van der Waals surface area (Å²) in [6.07, 6.45) is 5.05. The molecule has 4 atom stereocenters. The van der Waals surface area contributed by atoms with Crippen LogP contribution in [0.2, 0.25) is 0 Å². The van der Waals surface area contributed by atoms with Crippen LogP contribution in [-0.4, -0.2) is 61.0 Å². The van der Waals surface area contributed by atoms with Crippen molar-refractivity contribution in [2.24, 2.45) is 5.92 Å². The van der Waals surface area contributed by atoms with E-state index in [4.69, 9.17) is 4.74 Å². The molecule has 0 aromatic carbocycles. The van der Waals surface area contributed by atoms with Gasteiger partial charge in [-0.2, -0.15) is 0 Å². The Labute approximate surface area is 103 Å². The summed E-state index contributed by atoms with van der Waals surface area (Å²) in [5, 5.41) is 13.5. The summed E-state index contributed by atoms with van der Waals surface area (Å²) >= 11 is 0. The molecule has 3 aliphatic rings. The third-order valence-corrected chi connectivity index (χ3v) is 4.92. The van der Waals surface area contributed by atoms with Crippen molar-refractivity contribution in [1.82, 2.24) is 10.2 Å². The maximum Gasteiger partial charge on any atom is 0.0700 e. The molecule has 98 valence electrons. The predicted molar refractivity (Wildman–Crippen MR) is 66.0 cm³/mol. The van der Waals surface area contributed by atoms with Crippen molar-refractivity contribution in [1.29, 1.82) is 0 Å². The normalized spacial score (nSPS) is 45.4. The minimum Gasteiger partial charge on any atom is -0.394 e. The first kappa shape index (κ1) is 11.9. The van der Waals surface area contributed by atoms with Gasteiger partial charge in [-0.15, -0.1) is 0 Å². The van der Waals surface area contributed by atoms with E-state index in [0.29, 0.717) is 12.0 Å². The molecule has 4 heteroatoms. The maximum absolute atomic E-state index is 9.81. The van der Waals surface area contributed by atoms with Crippen LogP contribution in [0.1, 0.15) is 25.7 Å². The molecule has 0 amide bonds. The van der Waals surface area contributed by atoms with Crippen molar-refractivity contribution in [2.75, 3.05) is 39.4 Å². The quantitative estimate of drug-likeness (QED) is 0.737. The lowest BCUT2D eigenvalue weighted by Gasteiger charge is -2.43. The molecule has 2 bridgehead atoms. The molecule has 3 aliphatic heterocycles. The summed E-state index contributed by atoms with van der Waals surface area (Å²) < 4.78 is 5.66. The fraction of sp³-hybridized carbons (Fsp3) is 1.00. The van der Waals surface area contributed by atoms with Gasteiger partial charge in [0.25, 0.3) is 0 Å². The van der Waals surface area contributed by atoms with Gasteiger partial charge in [0.15, 0.2) is 0 Å². The van der Waals surface area contributed by atoms with E-state index in [1.807, 2.05) is 0 Å². The molecule has 0 aliphatic carbocycles. The third-order valence-electron chi connectivity index (χ3n) is 4.92. The Hall–Kier alpha value is -0.160. The second kappa shape index (κ2) is 4.84. The number of ether oxygens (including phenoxy) is 1. The number of piperidine rings is 1. The molecule has 4 nitrogen and oxygen atoms in total. The molecule has 3 rings (SSSR count). The Kier molecular flexibility index (Phi) is 3.39. The van der Waals surface area contributed by atoms with E-state index in [1.165, 1.54) is 32.4 Å². The van der Waals surface area contributed by atoms with Gasteiger partial charge in [-0.3, -0.25) is 0 Å². The highest BCUT2D eigenvalue weighted by Gasteiger charge is 2.45. The van der Waals surface area contributed by atoms with Crippen molar-refractivity contribution in [2.45, 2.75) is 37.3 Å². The average Bonchev–Trinajstić information content (AvgIpc) is 3.00. The largest absolute Gasteiger partial charge is 0.394 e. The van der Waals surface area contributed by atoms with Crippen LogP contribution in [0.4, 0.5) is 0 Å². The molecule has 3 heterocycles. The Morgan fingerprint density at radius 1 is 1.35 bits per heavy atom. The van der Waals surface area contributed by atoms with Crippen molar-refractivity contribution in [3.63, 3.8) is 0 Å². The van der Waals surface area contributed by atoms with Crippen LogP contribution in [0.25, 0.3) is 0 Å². The average molecular weight is 240 g/mol. The molecular weight excluding hydrogens is 216 g/mol. The molecule has 3 fully saturated rings. The van der Waals surface area contributed by atoms with Gasteiger partial charge in [-0.05, 0) is 44.7 Å². The second-order valence-corrected chi connectivity index (χ2v) is 5.87. The first-order chi connectivity index (χ1) is 8.32. The highest BCUT2D eigenvalue weighted by Crippen LogP contribution is 2.35. The van der Waals surface area contributed by atoms with Crippen LogP contribution in [0.15, 0.2) is 0 Å². The van der Waals surface area contributed by atoms with Crippen LogP contribution < -0.4 is 5.32 Å². The van der Waals surface area contributed by atoms with Gasteiger partial charge in [0.2, 0.25) is 0 Å². The van der Waals surface area contributed by atoms with Gasteiger partial charge < -0.3 is 20.1 Å². The van der Waals surface area contributed by atoms with E-state index in [-0.39, 0.29) is 12.1 Å². The number of fused-ring (bicyclic) bond motifs is 2. The first-order valence-electron chi connectivity index (χ1n) is 7.02. The Bertz CT molecular complexity index is 268. The van der Waals surface area contributed by atoms with Crippen molar-refractivity contribution < 1.29 is 9.84 Å². The van der Waals surface area contributed by atoms with Gasteiger partial charge in [-0.1, -0.05) is 0 Å². The molecule has 0 aromatic heterocycles. The number of aliphatic hydroxyl groups is 1. The molecule has 0 spiro atoms. The third kappa shape index (κ3) is 2.24. The molecule has 4 unspecified atom stereocenters.